The highest BCUT2D eigenvalue weighted by molar-refractivity contribution is 6.02. The van der Waals surface area contributed by atoms with Gasteiger partial charge in [-0.05, 0) is 62.4 Å². The fourth-order valence-corrected chi connectivity index (χ4v) is 5.21. The normalized spacial score (nSPS) is 13.4. The van der Waals surface area contributed by atoms with E-state index >= 15 is 0 Å². The number of benzene rings is 2. The van der Waals surface area contributed by atoms with E-state index in [1.54, 1.807) is 0 Å². The summed E-state index contributed by atoms with van der Waals surface area (Å²) in [5.74, 6) is 1.31. The first kappa shape index (κ1) is 25.5. The first-order valence-corrected chi connectivity index (χ1v) is 13.1. The molecule has 4 rings (SSSR count). The summed E-state index contributed by atoms with van der Waals surface area (Å²) in [7, 11) is 0. The molecule has 1 aliphatic heterocycles. The van der Waals surface area contributed by atoms with Gasteiger partial charge in [0.05, 0.1) is 5.56 Å². The third-order valence-corrected chi connectivity index (χ3v) is 6.98. The van der Waals surface area contributed by atoms with Crippen LogP contribution in [0.15, 0.2) is 54.6 Å². The van der Waals surface area contributed by atoms with Gasteiger partial charge in [0.1, 0.15) is 11.5 Å². The van der Waals surface area contributed by atoms with Crippen molar-refractivity contribution in [2.24, 2.45) is 5.73 Å². The molecule has 1 saturated heterocycles. The minimum Gasteiger partial charge on any atom is -0.457 e. The maximum Gasteiger partial charge on any atom is 0.251 e. The van der Waals surface area contributed by atoms with E-state index < -0.39 is 5.91 Å². The monoisotopic (exact) mass is 487 g/mol. The zero-order chi connectivity index (χ0) is 25.5. The Morgan fingerprint density at radius 2 is 1.78 bits per heavy atom. The number of hydrogen-bond acceptors (Lipinski definition) is 3. The molecule has 6 nitrogen and oxygen atoms in total. The molecule has 6 heteroatoms. The summed E-state index contributed by atoms with van der Waals surface area (Å²) >= 11 is 0. The number of para-hydroxylation sites is 1. The first-order valence-electron chi connectivity index (χ1n) is 13.1. The zero-order valence-corrected chi connectivity index (χ0v) is 21.5. The molecule has 0 atom stereocenters. The lowest BCUT2D eigenvalue weighted by Gasteiger charge is -2.18. The quantitative estimate of drug-likeness (QED) is 0.314. The van der Waals surface area contributed by atoms with Crippen LogP contribution in [0.5, 0.6) is 11.5 Å². The summed E-state index contributed by atoms with van der Waals surface area (Å²) < 4.78 is 8.35. The van der Waals surface area contributed by atoms with Crippen molar-refractivity contribution in [3.63, 3.8) is 0 Å². The van der Waals surface area contributed by atoms with Crippen LogP contribution in [0.2, 0.25) is 0 Å². The number of likely N-dealkylation sites (tertiary alicyclic amines) is 1. The second kappa shape index (κ2) is 11.9. The Labute approximate surface area is 214 Å². The molecule has 0 aliphatic carbocycles. The molecule has 1 aliphatic rings. The third-order valence-electron chi connectivity index (χ3n) is 6.98. The highest BCUT2D eigenvalue weighted by Crippen LogP contribution is 2.36. The van der Waals surface area contributed by atoms with Crippen LogP contribution < -0.4 is 10.5 Å². The maximum atomic E-state index is 12.7. The number of carbonyl (C=O) groups excluding carboxylic acids is 2. The van der Waals surface area contributed by atoms with Gasteiger partial charge < -0.3 is 19.9 Å². The molecule has 1 fully saturated rings. The van der Waals surface area contributed by atoms with Gasteiger partial charge >= 0.3 is 0 Å². The average molecular weight is 488 g/mol. The number of primary amides is 1. The lowest BCUT2D eigenvalue weighted by atomic mass is 9.97. The van der Waals surface area contributed by atoms with Crippen molar-refractivity contribution >= 4 is 11.8 Å². The topological polar surface area (TPSA) is 77.6 Å². The van der Waals surface area contributed by atoms with Gasteiger partial charge in [0.25, 0.3) is 5.91 Å². The Balaban J connectivity index is 1.69. The lowest BCUT2D eigenvalue weighted by molar-refractivity contribution is -0.127. The second-order valence-corrected chi connectivity index (χ2v) is 9.54. The SMILES string of the molecule is CCCCCc1c(-c2cccc(Oc3ccccc3)c2)c(C(N)=O)c(C)n1CCCN1CCCC1=O. The van der Waals surface area contributed by atoms with Gasteiger partial charge in [0, 0.05) is 43.0 Å². The van der Waals surface area contributed by atoms with E-state index in [2.05, 4.69) is 11.5 Å². The molecule has 2 amide bonds. The van der Waals surface area contributed by atoms with Crippen LogP contribution in [0, 0.1) is 6.92 Å². The molecule has 2 N–H and O–H groups in total. The van der Waals surface area contributed by atoms with Crippen molar-refractivity contribution in [3.05, 3.63) is 71.5 Å². The Morgan fingerprint density at radius 1 is 1.00 bits per heavy atom. The summed E-state index contributed by atoms with van der Waals surface area (Å²) in [5.41, 5.74) is 10.4. The number of aromatic nitrogens is 1. The van der Waals surface area contributed by atoms with Crippen molar-refractivity contribution in [1.82, 2.24) is 9.47 Å². The summed E-state index contributed by atoms with van der Waals surface area (Å²) in [4.78, 5) is 26.8. The van der Waals surface area contributed by atoms with E-state index in [4.69, 9.17) is 10.5 Å². The van der Waals surface area contributed by atoms with Crippen LogP contribution in [0.25, 0.3) is 11.1 Å². The third kappa shape index (κ3) is 5.81. The Kier molecular flexibility index (Phi) is 8.47. The smallest absolute Gasteiger partial charge is 0.251 e. The fourth-order valence-electron chi connectivity index (χ4n) is 5.21. The van der Waals surface area contributed by atoms with E-state index in [0.717, 1.165) is 86.4 Å². The average Bonchev–Trinajstić information content (AvgIpc) is 3.40. The molecular weight excluding hydrogens is 450 g/mol. The second-order valence-electron chi connectivity index (χ2n) is 9.54. The standard InChI is InChI=1S/C30H37N3O3/c1-3-4-6-16-26-29(23-12-9-15-25(21-23)36-24-13-7-5-8-14-24)28(30(31)35)22(2)33(26)20-11-19-32-18-10-17-27(32)34/h5,7-9,12-15,21H,3-4,6,10-11,16-20H2,1-2H3,(H2,31,35). The summed E-state index contributed by atoms with van der Waals surface area (Å²) in [6.45, 7) is 6.51. The molecule has 2 heterocycles. The largest absolute Gasteiger partial charge is 0.457 e. The van der Waals surface area contributed by atoms with Gasteiger partial charge in [-0.2, -0.15) is 0 Å². The van der Waals surface area contributed by atoms with E-state index in [9.17, 15) is 9.59 Å². The zero-order valence-electron chi connectivity index (χ0n) is 21.5. The maximum absolute atomic E-state index is 12.7. The van der Waals surface area contributed by atoms with Gasteiger partial charge in [0.2, 0.25) is 5.91 Å². The summed E-state index contributed by atoms with van der Waals surface area (Å²) in [5, 5.41) is 0. The fraction of sp³-hybridized carbons (Fsp3) is 0.400. The molecule has 190 valence electrons. The van der Waals surface area contributed by atoms with Crippen LogP contribution >= 0.6 is 0 Å². The van der Waals surface area contributed by atoms with Crippen molar-refractivity contribution in [3.8, 4) is 22.6 Å². The van der Waals surface area contributed by atoms with Gasteiger partial charge in [-0.1, -0.05) is 50.1 Å². The minimum atomic E-state index is -0.415. The number of ether oxygens (including phenoxy) is 1. The molecular formula is C30H37N3O3. The summed E-state index contributed by atoms with van der Waals surface area (Å²) in [6, 6.07) is 17.6. The van der Waals surface area contributed by atoms with Crippen LogP contribution in [0.1, 0.15) is 67.2 Å². The predicted octanol–water partition coefficient (Wildman–Crippen LogP) is 6.10. The van der Waals surface area contributed by atoms with Crippen LogP contribution in [-0.2, 0) is 17.8 Å². The number of rotatable bonds is 12. The Hall–Kier alpha value is -3.54. The molecule has 0 saturated carbocycles. The van der Waals surface area contributed by atoms with Gasteiger partial charge in [0.15, 0.2) is 0 Å². The number of unbranched alkanes of at least 4 members (excludes halogenated alkanes) is 2. The van der Waals surface area contributed by atoms with Gasteiger partial charge in [-0.25, -0.2) is 0 Å². The highest BCUT2D eigenvalue weighted by atomic mass is 16.5. The number of nitrogens with two attached hydrogens (primary N) is 1. The van der Waals surface area contributed by atoms with Crippen LogP contribution in [0.4, 0.5) is 0 Å². The number of nitrogens with zero attached hydrogens (tertiary/aromatic N) is 2. The van der Waals surface area contributed by atoms with Crippen LogP contribution in [-0.4, -0.2) is 34.4 Å². The molecule has 0 unspecified atom stereocenters. The van der Waals surface area contributed by atoms with Crippen molar-refractivity contribution in [2.45, 2.75) is 65.3 Å². The Morgan fingerprint density at radius 3 is 2.47 bits per heavy atom. The van der Waals surface area contributed by atoms with E-state index in [1.165, 1.54) is 0 Å². The summed E-state index contributed by atoms with van der Waals surface area (Å²) in [6.07, 6.45) is 6.59. The van der Waals surface area contributed by atoms with Crippen LogP contribution in [0.3, 0.4) is 0 Å². The van der Waals surface area contributed by atoms with Gasteiger partial charge in [-0.15, -0.1) is 0 Å². The number of hydrogen-bond donors (Lipinski definition) is 1. The lowest BCUT2D eigenvalue weighted by Crippen LogP contribution is -2.26. The molecule has 0 radical (unpaired) electrons. The number of carbonyl (C=O) groups is 2. The molecule has 1 aromatic heterocycles. The van der Waals surface area contributed by atoms with Crippen molar-refractivity contribution in [2.75, 3.05) is 13.1 Å². The first-order chi connectivity index (χ1) is 17.5. The van der Waals surface area contributed by atoms with Gasteiger partial charge in [-0.3, -0.25) is 9.59 Å². The minimum absolute atomic E-state index is 0.246. The highest BCUT2D eigenvalue weighted by Gasteiger charge is 2.25. The number of amides is 2. The van der Waals surface area contributed by atoms with E-state index in [-0.39, 0.29) is 5.91 Å². The molecule has 0 bridgehead atoms. The molecule has 0 spiro atoms. The predicted molar refractivity (Wildman–Crippen MR) is 143 cm³/mol. The van der Waals surface area contributed by atoms with Crippen molar-refractivity contribution < 1.29 is 14.3 Å². The molecule has 36 heavy (non-hydrogen) atoms. The van der Waals surface area contributed by atoms with Crippen molar-refractivity contribution in [1.29, 1.82) is 0 Å². The molecule has 3 aromatic rings. The molecule has 2 aromatic carbocycles. The van der Waals surface area contributed by atoms with E-state index in [0.29, 0.717) is 17.7 Å². The van der Waals surface area contributed by atoms with E-state index in [1.807, 2.05) is 66.4 Å². The Bertz CT molecular complexity index is 1200.